The van der Waals surface area contributed by atoms with E-state index in [4.69, 9.17) is 9.16 Å². The maximum absolute atomic E-state index is 12.4. The molecule has 0 spiro atoms. The number of hydrogen-bond acceptors (Lipinski definition) is 4. The second kappa shape index (κ2) is 11.4. The monoisotopic (exact) mass is 479 g/mol. The largest absolute Gasteiger partial charge is 0.462 e. The fraction of sp³-hybridized carbons (Fsp3) is 0.393. The molecule has 33 heavy (non-hydrogen) atoms. The van der Waals surface area contributed by atoms with Crippen LogP contribution in [0.25, 0.3) is 10.8 Å². The first-order chi connectivity index (χ1) is 15.7. The van der Waals surface area contributed by atoms with Gasteiger partial charge in [0.2, 0.25) is 9.04 Å². The standard InChI is InChI=1S/C28H35O3SSi/c1-7-30-27(29)23-14-15-24(26(28(2,3)4)31-33(5)6)25(19-23)32-17-16-20-12-13-21-10-8-9-11-22(21)18-20/h8-15,18-19,26H,7,16-17H2,1-6H3. The quantitative estimate of drug-likeness (QED) is 0.179. The van der Waals surface area contributed by atoms with E-state index in [0.717, 1.165) is 22.6 Å². The summed E-state index contributed by atoms with van der Waals surface area (Å²) in [5.41, 5.74) is 3.02. The normalized spacial score (nSPS) is 12.8. The first kappa shape index (κ1) is 25.5. The Labute approximate surface area is 204 Å². The minimum Gasteiger partial charge on any atom is -0.462 e. The number of carbonyl (C=O) groups is 1. The summed E-state index contributed by atoms with van der Waals surface area (Å²) >= 11 is 1.79. The maximum atomic E-state index is 12.4. The topological polar surface area (TPSA) is 35.5 Å². The molecule has 0 bridgehead atoms. The van der Waals surface area contributed by atoms with Gasteiger partial charge in [-0.3, -0.25) is 0 Å². The number of esters is 1. The molecular weight excluding hydrogens is 444 g/mol. The van der Waals surface area contributed by atoms with Crippen LogP contribution in [0.4, 0.5) is 0 Å². The lowest BCUT2D eigenvalue weighted by atomic mass is 9.84. The number of thioether (sulfide) groups is 1. The molecular formula is C28H35O3SSi. The summed E-state index contributed by atoms with van der Waals surface area (Å²) in [7, 11) is -0.898. The fourth-order valence-corrected chi connectivity index (χ4v) is 5.89. The van der Waals surface area contributed by atoms with Gasteiger partial charge < -0.3 is 9.16 Å². The maximum Gasteiger partial charge on any atom is 0.338 e. The van der Waals surface area contributed by atoms with E-state index >= 15 is 0 Å². The van der Waals surface area contributed by atoms with Crippen molar-refractivity contribution in [1.29, 1.82) is 0 Å². The van der Waals surface area contributed by atoms with Crippen molar-refractivity contribution < 1.29 is 14.0 Å². The van der Waals surface area contributed by atoms with Crippen molar-refractivity contribution >= 4 is 37.5 Å². The van der Waals surface area contributed by atoms with Gasteiger partial charge in [-0.05, 0) is 65.9 Å². The van der Waals surface area contributed by atoms with Crippen molar-refractivity contribution in [3.63, 3.8) is 0 Å². The highest BCUT2D eigenvalue weighted by Gasteiger charge is 2.30. The fourth-order valence-electron chi connectivity index (χ4n) is 3.83. The van der Waals surface area contributed by atoms with Gasteiger partial charge in [0.05, 0.1) is 18.3 Å². The van der Waals surface area contributed by atoms with Gasteiger partial charge in [-0.15, -0.1) is 11.8 Å². The summed E-state index contributed by atoms with van der Waals surface area (Å²) < 4.78 is 11.7. The Hall–Kier alpha value is -2.08. The third-order valence-electron chi connectivity index (χ3n) is 5.41. The molecule has 3 aromatic carbocycles. The number of fused-ring (bicyclic) bond motifs is 1. The average Bonchev–Trinajstić information content (AvgIpc) is 2.77. The molecule has 175 valence electrons. The second-order valence-electron chi connectivity index (χ2n) is 9.53. The van der Waals surface area contributed by atoms with Gasteiger partial charge in [0.15, 0.2) is 0 Å². The number of rotatable bonds is 9. The molecule has 3 nitrogen and oxygen atoms in total. The van der Waals surface area contributed by atoms with Crippen molar-refractivity contribution in [1.82, 2.24) is 0 Å². The van der Waals surface area contributed by atoms with Crippen molar-refractivity contribution in [2.75, 3.05) is 12.4 Å². The van der Waals surface area contributed by atoms with Gasteiger partial charge in [0.25, 0.3) is 0 Å². The van der Waals surface area contributed by atoms with Crippen LogP contribution in [-0.2, 0) is 15.6 Å². The lowest BCUT2D eigenvalue weighted by molar-refractivity contribution is 0.0525. The van der Waals surface area contributed by atoms with Gasteiger partial charge in [-0.25, -0.2) is 4.79 Å². The van der Waals surface area contributed by atoms with E-state index in [-0.39, 0.29) is 17.5 Å². The van der Waals surface area contributed by atoms with Crippen LogP contribution >= 0.6 is 11.8 Å². The Morgan fingerprint density at radius 2 is 1.73 bits per heavy atom. The highest BCUT2D eigenvalue weighted by atomic mass is 32.2. The average molecular weight is 480 g/mol. The minimum atomic E-state index is -0.898. The molecule has 1 radical (unpaired) electrons. The van der Waals surface area contributed by atoms with E-state index in [2.05, 4.69) is 82.4 Å². The van der Waals surface area contributed by atoms with Crippen LogP contribution in [0.2, 0.25) is 13.1 Å². The van der Waals surface area contributed by atoms with Crippen LogP contribution in [0.1, 0.15) is 55.3 Å². The molecule has 0 saturated carbocycles. The summed E-state index contributed by atoms with van der Waals surface area (Å²) in [6.45, 7) is 13.2. The molecule has 0 amide bonds. The van der Waals surface area contributed by atoms with Gasteiger partial charge >= 0.3 is 5.97 Å². The molecule has 3 rings (SSSR count). The van der Waals surface area contributed by atoms with Crippen LogP contribution in [0.5, 0.6) is 0 Å². The SMILES string of the molecule is CCOC(=O)c1ccc(C(O[Si](C)C)C(C)(C)C)c(SCCc2ccc3ccccc3c2)c1. The van der Waals surface area contributed by atoms with Crippen molar-refractivity contribution in [2.45, 2.75) is 58.2 Å². The van der Waals surface area contributed by atoms with Crippen LogP contribution in [0, 0.1) is 5.41 Å². The lowest BCUT2D eigenvalue weighted by Gasteiger charge is -2.34. The second-order valence-corrected chi connectivity index (χ2v) is 12.7. The molecule has 5 heteroatoms. The molecule has 0 saturated heterocycles. The lowest BCUT2D eigenvalue weighted by Crippen LogP contribution is -2.26. The zero-order valence-electron chi connectivity index (χ0n) is 20.6. The first-order valence-corrected chi connectivity index (χ1v) is 15.0. The predicted octanol–water partition coefficient (Wildman–Crippen LogP) is 7.71. The summed E-state index contributed by atoms with van der Waals surface area (Å²) in [5.74, 6) is 0.647. The van der Waals surface area contributed by atoms with E-state index in [1.54, 1.807) is 11.8 Å². The number of carbonyl (C=O) groups excluding carboxylic acids is 1. The molecule has 0 aliphatic heterocycles. The Balaban J connectivity index is 1.87. The van der Waals surface area contributed by atoms with Crippen LogP contribution < -0.4 is 0 Å². The molecule has 0 aliphatic carbocycles. The minimum absolute atomic E-state index is 0.0270. The molecule has 0 aromatic heterocycles. The Morgan fingerprint density at radius 1 is 1.00 bits per heavy atom. The van der Waals surface area contributed by atoms with Crippen LogP contribution in [0.15, 0.2) is 65.6 Å². The smallest absolute Gasteiger partial charge is 0.338 e. The highest BCUT2D eigenvalue weighted by Crippen LogP contribution is 2.41. The van der Waals surface area contributed by atoms with Crippen LogP contribution in [-0.4, -0.2) is 27.4 Å². The van der Waals surface area contributed by atoms with E-state index < -0.39 is 9.04 Å². The van der Waals surface area contributed by atoms with Gasteiger partial charge in [0, 0.05) is 10.6 Å². The molecule has 0 fully saturated rings. The number of benzene rings is 3. The summed E-state index contributed by atoms with van der Waals surface area (Å²) in [6, 6.07) is 21.1. The highest BCUT2D eigenvalue weighted by molar-refractivity contribution is 7.99. The third-order valence-corrected chi connectivity index (χ3v) is 7.19. The summed E-state index contributed by atoms with van der Waals surface area (Å²) in [6.07, 6.45) is 0.928. The van der Waals surface area contributed by atoms with E-state index in [9.17, 15) is 4.79 Å². The van der Waals surface area contributed by atoms with E-state index in [1.807, 2.05) is 19.1 Å². The summed E-state index contributed by atoms with van der Waals surface area (Å²) in [5, 5.41) is 2.53. The van der Waals surface area contributed by atoms with E-state index in [0.29, 0.717) is 12.2 Å². The third kappa shape index (κ3) is 6.95. The first-order valence-electron chi connectivity index (χ1n) is 11.6. The molecule has 1 unspecified atom stereocenters. The molecule has 0 heterocycles. The molecule has 1 atom stereocenters. The number of ether oxygens (including phenoxy) is 1. The number of hydrogen-bond donors (Lipinski definition) is 0. The number of aryl methyl sites for hydroxylation is 1. The van der Waals surface area contributed by atoms with Crippen LogP contribution in [0.3, 0.4) is 0 Å². The molecule has 3 aromatic rings. The Kier molecular flexibility index (Phi) is 8.80. The van der Waals surface area contributed by atoms with Gasteiger partial charge in [-0.1, -0.05) is 69.3 Å². The molecule has 0 N–H and O–H groups in total. The zero-order chi connectivity index (χ0) is 24.0. The summed E-state index contributed by atoms with van der Waals surface area (Å²) in [4.78, 5) is 13.5. The van der Waals surface area contributed by atoms with Gasteiger partial charge in [0.1, 0.15) is 0 Å². The Morgan fingerprint density at radius 3 is 2.39 bits per heavy atom. The van der Waals surface area contributed by atoms with Crippen molar-refractivity contribution in [3.05, 3.63) is 77.4 Å². The van der Waals surface area contributed by atoms with Crippen molar-refractivity contribution in [2.24, 2.45) is 5.41 Å². The van der Waals surface area contributed by atoms with Gasteiger partial charge in [-0.2, -0.15) is 0 Å². The molecule has 0 aliphatic rings. The predicted molar refractivity (Wildman–Crippen MR) is 142 cm³/mol. The Bertz CT molecular complexity index is 1090. The zero-order valence-corrected chi connectivity index (χ0v) is 22.4. The van der Waals surface area contributed by atoms with Crippen molar-refractivity contribution in [3.8, 4) is 0 Å². The van der Waals surface area contributed by atoms with E-state index in [1.165, 1.54) is 16.3 Å².